The Kier molecular flexibility index (Phi) is 5.97. The monoisotopic (exact) mass is 435 g/mol. The minimum absolute atomic E-state index is 0.0634. The van der Waals surface area contributed by atoms with E-state index in [1.165, 1.54) is 6.21 Å². The van der Waals surface area contributed by atoms with Crippen molar-refractivity contribution in [3.8, 4) is 23.0 Å². The van der Waals surface area contributed by atoms with Gasteiger partial charge >= 0.3 is 0 Å². The third-order valence-electron chi connectivity index (χ3n) is 4.57. The summed E-state index contributed by atoms with van der Waals surface area (Å²) in [5, 5.41) is 11.4. The molecular weight excluding hydrogens is 414 g/mol. The van der Waals surface area contributed by atoms with Gasteiger partial charge in [-0.2, -0.15) is 5.10 Å². The molecule has 11 nitrogen and oxygen atoms in total. The second kappa shape index (κ2) is 9.16. The largest absolute Gasteiger partial charge is 0.493 e. The molecule has 1 amide bonds. The summed E-state index contributed by atoms with van der Waals surface area (Å²) in [5.74, 6) is 1.32. The smallest absolute Gasteiger partial charge is 0.260 e. The zero-order valence-corrected chi connectivity index (χ0v) is 17.5. The first kappa shape index (κ1) is 20.8. The number of nitrogens with one attached hydrogen (secondary N) is 1. The fourth-order valence-electron chi connectivity index (χ4n) is 3.16. The Labute approximate surface area is 182 Å². The number of nitrogens with two attached hydrogens (primary N) is 1. The summed E-state index contributed by atoms with van der Waals surface area (Å²) in [4.78, 5) is 17.1. The summed E-state index contributed by atoms with van der Waals surface area (Å²) >= 11 is 0. The molecule has 0 bridgehead atoms. The maximum atomic E-state index is 12.6. The number of carbonyl (C=O) groups excluding carboxylic acids is 1. The van der Waals surface area contributed by atoms with Crippen LogP contribution < -0.4 is 20.6 Å². The van der Waals surface area contributed by atoms with Crippen molar-refractivity contribution >= 4 is 29.0 Å². The predicted octanol–water partition coefficient (Wildman–Crippen LogP) is 2.23. The highest BCUT2D eigenvalue weighted by atomic mass is 16.6. The Bertz CT molecular complexity index is 1280. The molecule has 3 N–H and O–H groups in total. The fraction of sp³-hybridized carbons (Fsp3) is 0.190. The van der Waals surface area contributed by atoms with Crippen LogP contribution in [0.2, 0.25) is 0 Å². The lowest BCUT2D eigenvalue weighted by Gasteiger charge is -2.09. The van der Waals surface area contributed by atoms with Gasteiger partial charge in [0.25, 0.3) is 5.91 Å². The molecule has 2 aromatic heterocycles. The average molecular weight is 435 g/mol. The lowest BCUT2D eigenvalue weighted by Crippen LogP contribution is -2.23. The predicted molar refractivity (Wildman–Crippen MR) is 117 cm³/mol. The van der Waals surface area contributed by atoms with Crippen molar-refractivity contribution in [1.82, 2.24) is 25.3 Å². The van der Waals surface area contributed by atoms with Crippen molar-refractivity contribution in [2.75, 3.05) is 19.5 Å². The number of rotatable bonds is 8. The fourth-order valence-corrected chi connectivity index (χ4v) is 3.16. The van der Waals surface area contributed by atoms with Gasteiger partial charge in [-0.3, -0.25) is 4.79 Å². The summed E-state index contributed by atoms with van der Waals surface area (Å²) in [6.07, 6.45) is 1.52. The molecule has 11 heteroatoms. The number of methoxy groups -OCH3 is 1. The van der Waals surface area contributed by atoms with Crippen LogP contribution in [0.3, 0.4) is 0 Å². The first-order valence-corrected chi connectivity index (χ1v) is 9.77. The van der Waals surface area contributed by atoms with Gasteiger partial charge in [-0.25, -0.2) is 15.0 Å². The maximum Gasteiger partial charge on any atom is 0.260 e. The molecular formula is C21H21N7O4. The third kappa shape index (κ3) is 4.21. The van der Waals surface area contributed by atoms with E-state index in [4.69, 9.17) is 19.8 Å². The zero-order valence-electron chi connectivity index (χ0n) is 17.5. The van der Waals surface area contributed by atoms with E-state index < -0.39 is 0 Å². The molecule has 0 radical (unpaired) electrons. The van der Waals surface area contributed by atoms with E-state index in [9.17, 15) is 4.79 Å². The van der Waals surface area contributed by atoms with Crippen LogP contribution in [0.4, 0.5) is 5.82 Å². The summed E-state index contributed by atoms with van der Waals surface area (Å²) < 4.78 is 17.2. The second-order valence-corrected chi connectivity index (χ2v) is 6.64. The molecule has 164 valence electrons. The summed E-state index contributed by atoms with van der Waals surface area (Å²) in [5.41, 5.74) is 10.8. The van der Waals surface area contributed by atoms with Crippen molar-refractivity contribution in [3.05, 3.63) is 48.0 Å². The average Bonchev–Trinajstić information content (AvgIpc) is 3.38. The Hall–Kier alpha value is -4.41. The van der Waals surface area contributed by atoms with E-state index in [-0.39, 0.29) is 24.0 Å². The number of carbonyl (C=O) groups is 1. The number of fused-ring (bicyclic) bond motifs is 1. The molecule has 0 unspecified atom stereocenters. The molecule has 4 aromatic rings. The maximum absolute atomic E-state index is 12.6. The molecule has 2 aromatic carbocycles. The number of nitrogens with zero attached hydrogens (tertiary/aromatic N) is 5. The standard InChI is InChI=1S/C21H21N7O4/c1-3-31-16-9-8-13(10-17(16)30-2)11-23-25-18(29)12-28-15-7-5-4-6-14(15)24-21(28)19-20(22)27-32-26-19/h4-11H,3,12H2,1-2H3,(H2,22,27)(H,25,29). The van der Waals surface area contributed by atoms with Crippen LogP contribution in [0, 0.1) is 0 Å². The lowest BCUT2D eigenvalue weighted by atomic mass is 10.2. The summed E-state index contributed by atoms with van der Waals surface area (Å²) in [7, 11) is 1.56. The second-order valence-electron chi connectivity index (χ2n) is 6.64. The number of aromatic nitrogens is 4. The molecule has 0 atom stereocenters. The molecule has 0 aliphatic heterocycles. The number of ether oxygens (including phenoxy) is 2. The number of nitrogen functional groups attached to an aromatic ring is 1. The summed E-state index contributed by atoms with van der Waals surface area (Å²) in [6.45, 7) is 2.36. The van der Waals surface area contributed by atoms with Crippen molar-refractivity contribution in [3.63, 3.8) is 0 Å². The van der Waals surface area contributed by atoms with E-state index in [1.807, 2.05) is 37.3 Å². The van der Waals surface area contributed by atoms with Crippen molar-refractivity contribution in [2.45, 2.75) is 13.5 Å². The Balaban J connectivity index is 1.52. The quantitative estimate of drug-likeness (QED) is 0.317. The van der Waals surface area contributed by atoms with Crippen molar-refractivity contribution in [2.24, 2.45) is 5.10 Å². The van der Waals surface area contributed by atoms with E-state index in [2.05, 4.69) is 25.8 Å². The van der Waals surface area contributed by atoms with Crippen LogP contribution >= 0.6 is 0 Å². The highest BCUT2D eigenvalue weighted by molar-refractivity contribution is 5.86. The van der Waals surface area contributed by atoms with Crippen LogP contribution in [-0.2, 0) is 11.3 Å². The van der Waals surface area contributed by atoms with Gasteiger partial charge in [0.1, 0.15) is 6.54 Å². The Morgan fingerprint density at radius 1 is 1.25 bits per heavy atom. The number of hydrogen-bond acceptors (Lipinski definition) is 9. The SMILES string of the molecule is CCOc1ccc(C=NNC(=O)Cn2c(-c3nonc3N)nc3ccccc32)cc1OC. The number of benzene rings is 2. The van der Waals surface area contributed by atoms with Crippen molar-refractivity contribution in [1.29, 1.82) is 0 Å². The zero-order chi connectivity index (χ0) is 22.5. The van der Waals surface area contributed by atoms with Crippen molar-refractivity contribution < 1.29 is 18.9 Å². The number of imidazole rings is 1. The summed E-state index contributed by atoms with van der Waals surface area (Å²) in [6, 6.07) is 12.7. The van der Waals surface area contributed by atoms with Gasteiger partial charge in [0, 0.05) is 0 Å². The molecule has 0 fully saturated rings. The molecule has 0 aliphatic rings. The van der Waals surface area contributed by atoms with Gasteiger partial charge in [-0.15, -0.1) is 0 Å². The van der Waals surface area contributed by atoms with Crippen LogP contribution in [0.25, 0.3) is 22.6 Å². The highest BCUT2D eigenvalue weighted by Crippen LogP contribution is 2.28. The number of amides is 1. The first-order valence-electron chi connectivity index (χ1n) is 9.77. The number of anilines is 1. The van der Waals surface area contributed by atoms with Crippen LogP contribution in [-0.4, -0.2) is 45.7 Å². The number of hydrazone groups is 1. The van der Waals surface area contributed by atoms with E-state index in [0.29, 0.717) is 29.4 Å². The topological polar surface area (TPSA) is 143 Å². The minimum atomic E-state index is -0.362. The number of para-hydroxylation sites is 2. The number of hydrogen-bond donors (Lipinski definition) is 2. The van der Waals surface area contributed by atoms with Crippen LogP contribution in [0.15, 0.2) is 52.2 Å². The third-order valence-corrected chi connectivity index (χ3v) is 4.57. The van der Waals surface area contributed by atoms with Gasteiger partial charge in [0.15, 0.2) is 28.8 Å². The molecule has 0 saturated heterocycles. The van der Waals surface area contributed by atoms with Gasteiger partial charge < -0.3 is 19.8 Å². The van der Waals surface area contributed by atoms with Crippen LogP contribution in [0.1, 0.15) is 12.5 Å². The molecule has 0 aliphatic carbocycles. The van der Waals surface area contributed by atoms with E-state index >= 15 is 0 Å². The van der Waals surface area contributed by atoms with E-state index in [0.717, 1.165) is 11.1 Å². The Morgan fingerprint density at radius 2 is 2.09 bits per heavy atom. The van der Waals surface area contributed by atoms with Gasteiger partial charge in [-0.1, -0.05) is 12.1 Å². The molecule has 4 rings (SSSR count). The molecule has 2 heterocycles. The van der Waals surface area contributed by atoms with Crippen LogP contribution in [0.5, 0.6) is 11.5 Å². The van der Waals surface area contributed by atoms with Gasteiger partial charge in [0.2, 0.25) is 0 Å². The highest BCUT2D eigenvalue weighted by Gasteiger charge is 2.20. The first-order chi connectivity index (χ1) is 15.6. The molecule has 32 heavy (non-hydrogen) atoms. The Morgan fingerprint density at radius 3 is 2.84 bits per heavy atom. The lowest BCUT2D eigenvalue weighted by molar-refractivity contribution is -0.121. The minimum Gasteiger partial charge on any atom is -0.493 e. The molecule has 0 spiro atoms. The molecule has 0 saturated carbocycles. The van der Waals surface area contributed by atoms with E-state index in [1.54, 1.807) is 23.8 Å². The normalized spacial score (nSPS) is 11.2. The van der Waals surface area contributed by atoms with Gasteiger partial charge in [0.05, 0.1) is 31.0 Å². The van der Waals surface area contributed by atoms with Gasteiger partial charge in [-0.05, 0) is 53.1 Å².